The maximum absolute atomic E-state index is 13.3. The lowest BCUT2D eigenvalue weighted by Gasteiger charge is -2.27. The van der Waals surface area contributed by atoms with Gasteiger partial charge in [0.25, 0.3) is 0 Å². The number of carbonyl (C=O) groups excluding carboxylic acids is 1. The lowest BCUT2D eigenvalue weighted by molar-refractivity contribution is -0.121. The second kappa shape index (κ2) is 9.88. The fourth-order valence-electron chi connectivity index (χ4n) is 4.66. The van der Waals surface area contributed by atoms with E-state index in [9.17, 15) is 4.79 Å². The van der Waals surface area contributed by atoms with Crippen LogP contribution in [0.2, 0.25) is 0 Å². The second-order valence-corrected chi connectivity index (χ2v) is 8.63. The van der Waals surface area contributed by atoms with E-state index in [1.807, 2.05) is 60.7 Å². The average molecular weight is 436 g/mol. The van der Waals surface area contributed by atoms with Gasteiger partial charge in [-0.3, -0.25) is 9.69 Å². The fraction of sp³-hybridized carbons (Fsp3) is 0.207. The number of hydrogen-bond donors (Lipinski definition) is 2. The Hall–Kier alpha value is -3.63. The summed E-state index contributed by atoms with van der Waals surface area (Å²) in [5.74, 6) is -0.279. The van der Waals surface area contributed by atoms with Crippen LogP contribution in [0.5, 0.6) is 0 Å². The maximum Gasteiger partial charge on any atom is 0.236 e. The van der Waals surface area contributed by atoms with Gasteiger partial charge in [-0.15, -0.1) is 0 Å². The molecule has 0 bridgehead atoms. The zero-order valence-electron chi connectivity index (χ0n) is 18.7. The fourth-order valence-corrected chi connectivity index (χ4v) is 4.66. The van der Waals surface area contributed by atoms with Gasteiger partial charge in [-0.05, 0) is 29.2 Å². The minimum Gasteiger partial charge on any atom is -0.361 e. The lowest BCUT2D eigenvalue weighted by Crippen LogP contribution is -2.36. The van der Waals surface area contributed by atoms with Gasteiger partial charge in [-0.2, -0.15) is 0 Å². The number of para-hydroxylation sites is 1. The first-order valence-electron chi connectivity index (χ1n) is 11.6. The van der Waals surface area contributed by atoms with Crippen molar-refractivity contribution in [1.29, 1.82) is 0 Å². The van der Waals surface area contributed by atoms with Crippen LogP contribution in [-0.2, 0) is 11.2 Å². The Balaban J connectivity index is 1.22. The molecule has 2 N–H and O–H groups in total. The van der Waals surface area contributed by atoms with Crippen LogP contribution >= 0.6 is 0 Å². The summed E-state index contributed by atoms with van der Waals surface area (Å²) in [6.45, 7) is 2.82. The Morgan fingerprint density at radius 2 is 1.58 bits per heavy atom. The van der Waals surface area contributed by atoms with Crippen LogP contribution in [-0.4, -0.2) is 35.4 Å². The molecule has 166 valence electrons. The van der Waals surface area contributed by atoms with Crippen LogP contribution in [0.15, 0.2) is 103 Å². The van der Waals surface area contributed by atoms with E-state index in [1.165, 1.54) is 16.5 Å². The lowest BCUT2D eigenvalue weighted by atomic mass is 9.90. The van der Waals surface area contributed by atoms with Crippen LogP contribution in [0.25, 0.3) is 10.9 Å². The molecule has 33 heavy (non-hydrogen) atoms. The molecule has 0 fully saturated rings. The predicted molar refractivity (Wildman–Crippen MR) is 134 cm³/mol. The quantitative estimate of drug-likeness (QED) is 0.417. The largest absolute Gasteiger partial charge is 0.361 e. The molecule has 0 saturated heterocycles. The molecular formula is C29H29N3O. The van der Waals surface area contributed by atoms with E-state index in [4.69, 9.17) is 0 Å². The number of amides is 1. The second-order valence-electron chi connectivity index (χ2n) is 8.63. The molecule has 4 heteroatoms. The van der Waals surface area contributed by atoms with E-state index in [0.717, 1.165) is 49.3 Å². The Bertz CT molecular complexity index is 1200. The first kappa shape index (κ1) is 21.2. The van der Waals surface area contributed by atoms with Gasteiger partial charge in [0, 0.05) is 48.9 Å². The Kier molecular flexibility index (Phi) is 6.36. The normalized spacial score (nSPS) is 14.4. The first-order chi connectivity index (χ1) is 16.3. The Labute approximate surface area is 194 Å². The number of aromatic nitrogens is 1. The zero-order chi connectivity index (χ0) is 22.5. The van der Waals surface area contributed by atoms with Crippen molar-refractivity contribution in [1.82, 2.24) is 15.2 Å². The van der Waals surface area contributed by atoms with Crippen molar-refractivity contribution >= 4 is 16.8 Å². The summed E-state index contributed by atoms with van der Waals surface area (Å²) in [5.41, 5.74) is 5.61. The molecule has 1 aliphatic heterocycles. The molecule has 0 saturated carbocycles. The topological polar surface area (TPSA) is 48.1 Å². The summed E-state index contributed by atoms with van der Waals surface area (Å²) in [6.07, 6.45) is 6.17. The van der Waals surface area contributed by atoms with Crippen LogP contribution in [0, 0.1) is 0 Å². The van der Waals surface area contributed by atoms with E-state index in [-0.39, 0.29) is 11.8 Å². The number of fused-ring (bicyclic) bond motifs is 1. The van der Waals surface area contributed by atoms with Crippen molar-refractivity contribution in [2.45, 2.75) is 18.8 Å². The van der Waals surface area contributed by atoms with Crippen LogP contribution in [0.3, 0.4) is 0 Å². The smallest absolute Gasteiger partial charge is 0.236 e. The molecule has 2 heterocycles. The number of nitrogens with zero attached hydrogens (tertiary/aromatic N) is 1. The molecule has 4 aromatic rings. The summed E-state index contributed by atoms with van der Waals surface area (Å²) in [7, 11) is 0. The highest BCUT2D eigenvalue weighted by molar-refractivity contribution is 5.88. The van der Waals surface area contributed by atoms with E-state index >= 15 is 0 Å². The summed E-state index contributed by atoms with van der Waals surface area (Å²) in [6, 6.07) is 28.5. The monoisotopic (exact) mass is 435 g/mol. The van der Waals surface area contributed by atoms with Crippen molar-refractivity contribution in [3.63, 3.8) is 0 Å². The number of hydrogen-bond acceptors (Lipinski definition) is 2. The van der Waals surface area contributed by atoms with E-state index in [0.29, 0.717) is 0 Å². The van der Waals surface area contributed by atoms with Crippen LogP contribution < -0.4 is 5.32 Å². The molecule has 0 spiro atoms. The summed E-state index contributed by atoms with van der Waals surface area (Å²) in [4.78, 5) is 19.1. The molecule has 1 amide bonds. The highest BCUT2D eigenvalue weighted by atomic mass is 16.1. The Morgan fingerprint density at radius 1 is 0.909 bits per heavy atom. The standard InChI is InChI=1S/C29H29N3O/c33-29(28(22-9-3-1-4-10-22)23-11-5-2-6-12-23)31-25-16-19-32(20-17-25)18-15-24-21-30-27-14-8-7-13-26(24)27/h1-14,16,21,28,30H,15,17-20H2,(H,31,33). The number of carbonyl (C=O) groups is 1. The summed E-state index contributed by atoms with van der Waals surface area (Å²) in [5, 5.41) is 4.53. The van der Waals surface area contributed by atoms with E-state index in [2.05, 4.69) is 51.7 Å². The van der Waals surface area contributed by atoms with Gasteiger partial charge < -0.3 is 10.3 Å². The van der Waals surface area contributed by atoms with Crippen molar-refractivity contribution in [3.05, 3.63) is 120 Å². The van der Waals surface area contributed by atoms with Crippen LogP contribution in [0.1, 0.15) is 29.0 Å². The van der Waals surface area contributed by atoms with Crippen molar-refractivity contribution in [2.24, 2.45) is 0 Å². The highest BCUT2D eigenvalue weighted by Crippen LogP contribution is 2.26. The number of rotatable bonds is 7. The SMILES string of the molecule is O=C(NC1=CCN(CCc2c[nH]c3ccccc23)CC1)C(c1ccccc1)c1ccccc1. The minimum absolute atomic E-state index is 0.0332. The third-order valence-electron chi connectivity index (χ3n) is 6.48. The molecule has 5 rings (SSSR count). The number of H-pyrrole nitrogens is 1. The van der Waals surface area contributed by atoms with E-state index in [1.54, 1.807) is 0 Å². The molecule has 3 aromatic carbocycles. The molecule has 0 atom stereocenters. The van der Waals surface area contributed by atoms with Gasteiger partial charge >= 0.3 is 0 Å². The third kappa shape index (κ3) is 4.91. The number of nitrogens with one attached hydrogen (secondary N) is 2. The summed E-state index contributed by atoms with van der Waals surface area (Å²) < 4.78 is 0. The maximum atomic E-state index is 13.3. The zero-order valence-corrected chi connectivity index (χ0v) is 18.7. The van der Waals surface area contributed by atoms with Crippen molar-refractivity contribution in [2.75, 3.05) is 19.6 Å². The average Bonchev–Trinajstić information content (AvgIpc) is 3.28. The number of benzene rings is 3. The van der Waals surface area contributed by atoms with Crippen molar-refractivity contribution in [3.8, 4) is 0 Å². The van der Waals surface area contributed by atoms with Crippen LogP contribution in [0.4, 0.5) is 0 Å². The molecular weight excluding hydrogens is 406 g/mol. The third-order valence-corrected chi connectivity index (χ3v) is 6.48. The minimum atomic E-state index is -0.312. The Morgan fingerprint density at radius 3 is 2.24 bits per heavy atom. The molecule has 1 aliphatic rings. The predicted octanol–water partition coefficient (Wildman–Crippen LogP) is 5.25. The molecule has 4 nitrogen and oxygen atoms in total. The van der Waals surface area contributed by atoms with Gasteiger partial charge in [0.2, 0.25) is 5.91 Å². The first-order valence-corrected chi connectivity index (χ1v) is 11.6. The van der Waals surface area contributed by atoms with E-state index < -0.39 is 0 Å². The van der Waals surface area contributed by atoms with Gasteiger partial charge in [0.15, 0.2) is 0 Å². The van der Waals surface area contributed by atoms with Gasteiger partial charge in [0.05, 0.1) is 5.92 Å². The van der Waals surface area contributed by atoms with Gasteiger partial charge in [-0.25, -0.2) is 0 Å². The molecule has 0 unspecified atom stereocenters. The highest BCUT2D eigenvalue weighted by Gasteiger charge is 2.24. The van der Waals surface area contributed by atoms with Crippen molar-refractivity contribution < 1.29 is 4.79 Å². The molecule has 1 aromatic heterocycles. The number of aromatic amines is 1. The molecule has 0 aliphatic carbocycles. The van der Waals surface area contributed by atoms with Gasteiger partial charge in [0.1, 0.15) is 0 Å². The summed E-state index contributed by atoms with van der Waals surface area (Å²) >= 11 is 0. The van der Waals surface area contributed by atoms with Gasteiger partial charge in [-0.1, -0.05) is 84.9 Å². The molecule has 0 radical (unpaired) electrons.